The van der Waals surface area contributed by atoms with Gasteiger partial charge in [-0.2, -0.15) is 0 Å². The molecule has 218 valence electrons. The minimum atomic E-state index is -1.03. The molecule has 5 amide bonds. The summed E-state index contributed by atoms with van der Waals surface area (Å²) in [5.41, 5.74) is 1.49. The number of unbranched alkanes of at least 4 members (excludes halogenated alkanes) is 2. The third-order valence-electron chi connectivity index (χ3n) is 7.75. The second kappa shape index (κ2) is 11.1. The molecule has 2 aromatic carbocycles. The van der Waals surface area contributed by atoms with Gasteiger partial charge in [0.25, 0.3) is 17.7 Å². The molecule has 12 nitrogen and oxygen atoms in total. The average molecular weight is 583 g/mol. The summed E-state index contributed by atoms with van der Waals surface area (Å²) in [6.07, 6.45) is 2.17. The molecule has 3 aromatic rings. The van der Waals surface area contributed by atoms with E-state index in [9.17, 15) is 33.6 Å². The number of benzene rings is 2. The molecule has 0 radical (unpaired) electrons. The van der Waals surface area contributed by atoms with Crippen LogP contribution < -0.4 is 16.0 Å². The number of hydrogen-bond acceptors (Lipinski definition) is 9. The Morgan fingerprint density at radius 3 is 2.33 bits per heavy atom. The van der Waals surface area contributed by atoms with Crippen LogP contribution in [0.4, 0.5) is 5.69 Å². The number of imide groups is 2. The first-order valence-corrected chi connectivity index (χ1v) is 13.9. The summed E-state index contributed by atoms with van der Waals surface area (Å²) >= 11 is 0. The molecule has 3 aliphatic rings. The van der Waals surface area contributed by atoms with Crippen molar-refractivity contribution in [3.8, 4) is 0 Å². The number of hydrogen-bond donors (Lipinski definition) is 3. The van der Waals surface area contributed by atoms with E-state index in [0.717, 1.165) is 11.3 Å². The van der Waals surface area contributed by atoms with Crippen molar-refractivity contribution < 1.29 is 38.0 Å². The Balaban J connectivity index is 0.984. The van der Waals surface area contributed by atoms with Gasteiger partial charge in [0.2, 0.25) is 17.6 Å². The molecule has 1 atom stereocenters. The van der Waals surface area contributed by atoms with Crippen molar-refractivity contribution >= 4 is 46.8 Å². The fraction of sp³-hybridized carbons (Fsp3) is 0.258. The van der Waals surface area contributed by atoms with Gasteiger partial charge in [0.1, 0.15) is 6.04 Å². The lowest BCUT2D eigenvalue weighted by Crippen LogP contribution is -2.54. The predicted octanol–water partition coefficient (Wildman–Crippen LogP) is 2.47. The largest absolute Gasteiger partial charge is 0.447 e. The van der Waals surface area contributed by atoms with Crippen LogP contribution in [0.1, 0.15) is 95.4 Å². The van der Waals surface area contributed by atoms with E-state index in [4.69, 9.17) is 4.42 Å². The van der Waals surface area contributed by atoms with Crippen LogP contribution >= 0.6 is 0 Å². The first kappa shape index (κ1) is 27.8. The van der Waals surface area contributed by atoms with Gasteiger partial charge in [0, 0.05) is 42.4 Å². The Labute approximate surface area is 244 Å². The highest BCUT2D eigenvalue weighted by Gasteiger charge is 2.45. The monoisotopic (exact) mass is 582 g/mol. The molecule has 0 spiro atoms. The molecule has 1 aromatic heterocycles. The van der Waals surface area contributed by atoms with Crippen LogP contribution in [-0.4, -0.2) is 65.1 Å². The zero-order valence-corrected chi connectivity index (χ0v) is 22.9. The van der Waals surface area contributed by atoms with Crippen molar-refractivity contribution in [3.63, 3.8) is 0 Å². The highest BCUT2D eigenvalue weighted by atomic mass is 16.4. The number of nitrogens with one attached hydrogen (secondary N) is 3. The van der Waals surface area contributed by atoms with Crippen molar-refractivity contribution in [2.45, 2.75) is 38.1 Å². The van der Waals surface area contributed by atoms with Gasteiger partial charge in [-0.25, -0.2) is 0 Å². The van der Waals surface area contributed by atoms with Crippen LogP contribution in [0.2, 0.25) is 0 Å². The summed E-state index contributed by atoms with van der Waals surface area (Å²) in [7, 11) is 0. The van der Waals surface area contributed by atoms with E-state index in [2.05, 4.69) is 16.0 Å². The van der Waals surface area contributed by atoms with Gasteiger partial charge in [-0.05, 0) is 37.8 Å². The zero-order valence-electron chi connectivity index (χ0n) is 22.9. The maximum atomic E-state index is 13.2. The first-order valence-electron chi connectivity index (χ1n) is 13.9. The van der Waals surface area contributed by atoms with Crippen LogP contribution in [0, 0.1) is 0 Å². The number of fused-ring (bicyclic) bond motifs is 3. The Morgan fingerprint density at radius 1 is 0.837 bits per heavy atom. The van der Waals surface area contributed by atoms with Crippen LogP contribution in [0.3, 0.4) is 0 Å². The Bertz CT molecular complexity index is 1690. The molecule has 3 heterocycles. The van der Waals surface area contributed by atoms with Gasteiger partial charge in [0.15, 0.2) is 17.3 Å². The normalized spacial score (nSPS) is 17.4. The Morgan fingerprint density at radius 2 is 1.56 bits per heavy atom. The summed E-state index contributed by atoms with van der Waals surface area (Å²) in [5.74, 6) is -3.80. The number of anilines is 1. The standard InChI is InChI=1S/C31H26N4O8/c36-23-12-11-21(28(39)34-23)35-30(41)18-9-6-10-20(24(18)31(35)42)32-13-4-1-5-14-33-29(40)22-15-19-25(37)16-7-2-3-8-17(16)26(38)27(19)43-22/h2-3,6-10,15,21,32H,1,4-5,11-14H2,(H,33,40)(H,34,36,39). The molecule has 1 saturated heterocycles. The number of carbonyl (C=O) groups is 7. The molecule has 6 rings (SSSR count). The van der Waals surface area contributed by atoms with E-state index < -0.39 is 41.4 Å². The van der Waals surface area contributed by atoms with E-state index >= 15 is 0 Å². The maximum absolute atomic E-state index is 13.2. The van der Waals surface area contributed by atoms with E-state index in [0.29, 0.717) is 31.6 Å². The zero-order chi connectivity index (χ0) is 30.2. The van der Waals surface area contributed by atoms with Gasteiger partial charge in [-0.1, -0.05) is 30.3 Å². The van der Waals surface area contributed by atoms with Crippen molar-refractivity contribution in [3.05, 3.63) is 87.9 Å². The maximum Gasteiger partial charge on any atom is 0.287 e. The molecule has 2 aliphatic heterocycles. The highest BCUT2D eigenvalue weighted by Crippen LogP contribution is 2.33. The minimum Gasteiger partial charge on any atom is -0.447 e. The van der Waals surface area contributed by atoms with E-state index in [1.54, 1.807) is 36.4 Å². The predicted molar refractivity (Wildman–Crippen MR) is 150 cm³/mol. The number of carbonyl (C=O) groups excluding carboxylic acids is 7. The average Bonchev–Trinajstić information content (AvgIpc) is 3.56. The summed E-state index contributed by atoms with van der Waals surface area (Å²) in [6.45, 7) is 0.820. The van der Waals surface area contributed by atoms with E-state index in [1.807, 2.05) is 0 Å². The van der Waals surface area contributed by atoms with E-state index in [1.165, 1.54) is 12.1 Å². The molecule has 12 heteroatoms. The molecule has 43 heavy (non-hydrogen) atoms. The molecule has 0 saturated carbocycles. The fourth-order valence-electron chi connectivity index (χ4n) is 5.59. The minimum absolute atomic E-state index is 0.0487. The second-order valence-corrected chi connectivity index (χ2v) is 10.5. The molecular formula is C31H26N4O8. The number of rotatable bonds is 9. The lowest BCUT2D eigenvalue weighted by Gasteiger charge is -2.27. The lowest BCUT2D eigenvalue weighted by atomic mass is 9.89. The van der Waals surface area contributed by atoms with Gasteiger partial charge >= 0.3 is 0 Å². The van der Waals surface area contributed by atoms with Crippen LogP contribution in [0.15, 0.2) is 52.9 Å². The summed E-state index contributed by atoms with van der Waals surface area (Å²) < 4.78 is 5.48. The molecular weight excluding hydrogens is 556 g/mol. The number of ketones is 2. The third kappa shape index (κ3) is 4.90. The number of amides is 5. The quantitative estimate of drug-likeness (QED) is 0.198. The van der Waals surface area contributed by atoms with Crippen molar-refractivity contribution in [2.75, 3.05) is 18.4 Å². The number of piperidine rings is 1. The summed E-state index contributed by atoms with van der Waals surface area (Å²) in [4.78, 5) is 89.0. The molecule has 1 aliphatic carbocycles. The van der Waals surface area contributed by atoms with Crippen LogP contribution in [0.25, 0.3) is 0 Å². The van der Waals surface area contributed by atoms with Crippen molar-refractivity contribution in [1.29, 1.82) is 0 Å². The topological polar surface area (TPSA) is 172 Å². The first-order chi connectivity index (χ1) is 20.8. The third-order valence-corrected chi connectivity index (χ3v) is 7.75. The molecule has 1 unspecified atom stereocenters. The number of furan rings is 1. The van der Waals surface area contributed by atoms with Crippen LogP contribution in [-0.2, 0) is 9.59 Å². The second-order valence-electron chi connectivity index (χ2n) is 10.5. The Hall–Kier alpha value is -5.39. The molecule has 0 bridgehead atoms. The smallest absolute Gasteiger partial charge is 0.287 e. The van der Waals surface area contributed by atoms with Crippen molar-refractivity contribution in [1.82, 2.24) is 15.5 Å². The van der Waals surface area contributed by atoms with Gasteiger partial charge in [-0.3, -0.25) is 43.8 Å². The van der Waals surface area contributed by atoms with Gasteiger partial charge < -0.3 is 15.1 Å². The lowest BCUT2D eigenvalue weighted by molar-refractivity contribution is -0.136. The van der Waals surface area contributed by atoms with Crippen molar-refractivity contribution in [2.24, 2.45) is 0 Å². The van der Waals surface area contributed by atoms with Crippen LogP contribution in [0.5, 0.6) is 0 Å². The number of nitrogens with zero attached hydrogens (tertiary/aromatic N) is 1. The van der Waals surface area contributed by atoms with E-state index in [-0.39, 0.29) is 58.0 Å². The SMILES string of the molecule is O=C1CCC(N2C(=O)c3cccc(NCCCCCNC(=O)c4cc5c(o4)C(=O)c4ccccc4C5=O)c3C2=O)C(=O)N1. The summed E-state index contributed by atoms with van der Waals surface area (Å²) in [5, 5.41) is 8.11. The highest BCUT2D eigenvalue weighted by molar-refractivity contribution is 6.28. The molecule has 1 fully saturated rings. The fourth-order valence-corrected chi connectivity index (χ4v) is 5.59. The molecule has 3 N–H and O–H groups in total. The Kier molecular flexibility index (Phi) is 7.18. The van der Waals surface area contributed by atoms with Gasteiger partial charge in [0.05, 0.1) is 16.7 Å². The summed E-state index contributed by atoms with van der Waals surface area (Å²) in [6, 6.07) is 11.6. The van der Waals surface area contributed by atoms with Gasteiger partial charge in [-0.15, -0.1) is 0 Å².